The molecule has 0 saturated heterocycles. The van der Waals surface area contributed by atoms with Crippen LogP contribution in [0.1, 0.15) is 51.2 Å². The highest BCUT2D eigenvalue weighted by Gasteiger charge is 2.22. The van der Waals surface area contributed by atoms with Gasteiger partial charge in [-0.2, -0.15) is 5.26 Å². The van der Waals surface area contributed by atoms with Gasteiger partial charge in [-0.1, -0.05) is 12.1 Å². The van der Waals surface area contributed by atoms with Crippen molar-refractivity contribution in [2.75, 3.05) is 18.4 Å². The number of benzene rings is 1. The Morgan fingerprint density at radius 2 is 1.85 bits per heavy atom. The van der Waals surface area contributed by atoms with Gasteiger partial charge in [-0.15, -0.1) is 0 Å². The number of hydrogen-bond donors (Lipinski definition) is 2. The molecule has 0 spiro atoms. The van der Waals surface area contributed by atoms with Crippen molar-refractivity contribution in [3.8, 4) is 6.07 Å². The zero-order chi connectivity index (χ0) is 25.5. The van der Waals surface area contributed by atoms with Crippen molar-refractivity contribution in [2.24, 2.45) is 14.1 Å². The molecule has 1 heterocycles. The minimum Gasteiger partial charge on any atom is -0.444 e. The second-order valence-corrected chi connectivity index (χ2v) is 9.47. The van der Waals surface area contributed by atoms with E-state index in [2.05, 4.69) is 11.4 Å². The number of halogens is 1. The third kappa shape index (κ3) is 7.42. The molecule has 8 nitrogen and oxygen atoms in total. The fourth-order valence-electron chi connectivity index (χ4n) is 3.36. The zero-order valence-corrected chi connectivity index (χ0v) is 21.3. The van der Waals surface area contributed by atoms with E-state index in [4.69, 9.17) is 22.4 Å². The molecule has 0 saturated carbocycles. The number of nitriles is 1. The lowest BCUT2D eigenvalue weighted by atomic mass is 10.2. The highest BCUT2D eigenvalue weighted by atomic mass is 32.1. The fourth-order valence-corrected chi connectivity index (χ4v) is 3.54. The molecule has 2 N–H and O–H groups in total. The van der Waals surface area contributed by atoms with Gasteiger partial charge in [0.2, 0.25) is 0 Å². The molecule has 0 bridgehead atoms. The van der Waals surface area contributed by atoms with E-state index in [9.17, 15) is 14.4 Å². The molecule has 0 aliphatic heterocycles. The van der Waals surface area contributed by atoms with Crippen LogP contribution < -0.4 is 10.8 Å². The molecule has 34 heavy (non-hydrogen) atoms. The number of carbonyl (C=O) groups is 1. The number of nitrogens with one attached hydrogen (secondary N) is 2. The molecule has 2 aromatic rings. The first-order chi connectivity index (χ1) is 15.9. The monoisotopic (exact) mass is 488 g/mol. The van der Waals surface area contributed by atoms with Gasteiger partial charge in [0.1, 0.15) is 34.4 Å². The second kappa shape index (κ2) is 11.8. The average molecular weight is 489 g/mol. The van der Waals surface area contributed by atoms with Crippen LogP contribution >= 0.6 is 12.2 Å². The van der Waals surface area contributed by atoms with Gasteiger partial charge in [0.05, 0.1) is 0 Å². The van der Waals surface area contributed by atoms with E-state index in [-0.39, 0.29) is 16.9 Å². The Balaban J connectivity index is 1.95. The Kier molecular flexibility index (Phi) is 9.38. The predicted molar refractivity (Wildman–Crippen MR) is 131 cm³/mol. The molecule has 0 atom stereocenters. The second-order valence-electron chi connectivity index (χ2n) is 9.10. The van der Waals surface area contributed by atoms with Gasteiger partial charge in [-0.3, -0.25) is 5.41 Å². The number of carbonyl (C=O) groups excluding carboxylic acids is 1. The summed E-state index contributed by atoms with van der Waals surface area (Å²) >= 11 is 5.34. The minimum absolute atomic E-state index is 0.0712. The van der Waals surface area contributed by atoms with Gasteiger partial charge >= 0.3 is 6.09 Å². The maximum absolute atomic E-state index is 13.2. The van der Waals surface area contributed by atoms with Gasteiger partial charge in [-0.25, -0.2) is 9.18 Å². The van der Waals surface area contributed by atoms with Gasteiger partial charge in [0, 0.05) is 33.7 Å². The standard InChI is InChI=1S/C24H33FN6O2S/c1-24(2,3)33-23(32)31(16-17-9-11-18(25)12-10-17)14-8-6-7-13-28-21-19(15-26)20(27)29(4)22(34)30(21)5/h9-12,27-28H,6-8,13-14,16H2,1-5H3. The summed E-state index contributed by atoms with van der Waals surface area (Å²) in [6.07, 6.45) is 1.97. The largest absolute Gasteiger partial charge is 0.444 e. The Morgan fingerprint density at radius 3 is 2.44 bits per heavy atom. The van der Waals surface area contributed by atoms with Crippen LogP contribution in [-0.4, -0.2) is 38.8 Å². The summed E-state index contributed by atoms with van der Waals surface area (Å²) in [6.45, 7) is 6.89. The number of rotatable bonds is 9. The lowest BCUT2D eigenvalue weighted by Gasteiger charge is -2.27. The fraction of sp³-hybridized carbons (Fsp3) is 0.500. The zero-order valence-electron chi connectivity index (χ0n) is 20.4. The summed E-state index contributed by atoms with van der Waals surface area (Å²) in [6, 6.07) is 8.16. The van der Waals surface area contributed by atoms with E-state index in [0.717, 1.165) is 24.8 Å². The summed E-state index contributed by atoms with van der Waals surface area (Å²) in [5.74, 6) is 0.211. The number of amides is 1. The Bertz CT molecular complexity index is 1160. The Hall–Kier alpha value is -3.19. The lowest BCUT2D eigenvalue weighted by molar-refractivity contribution is 0.0230. The molecule has 0 fully saturated rings. The molecule has 184 valence electrons. The maximum Gasteiger partial charge on any atom is 0.410 e. The van der Waals surface area contributed by atoms with Crippen molar-refractivity contribution in [1.82, 2.24) is 14.0 Å². The number of nitrogens with zero attached hydrogens (tertiary/aromatic N) is 4. The molecule has 0 aliphatic carbocycles. The summed E-state index contributed by atoms with van der Waals surface area (Å²) in [5.41, 5.74) is 0.535. The first-order valence-electron chi connectivity index (χ1n) is 11.2. The van der Waals surface area contributed by atoms with Crippen LogP contribution in [0.25, 0.3) is 0 Å². The van der Waals surface area contributed by atoms with Crippen LogP contribution in [0.4, 0.5) is 15.0 Å². The smallest absolute Gasteiger partial charge is 0.410 e. The maximum atomic E-state index is 13.2. The van der Waals surface area contributed by atoms with Gasteiger partial charge in [-0.05, 0) is 69.9 Å². The summed E-state index contributed by atoms with van der Waals surface area (Å²) in [5, 5.41) is 20.8. The third-order valence-electron chi connectivity index (χ3n) is 5.17. The normalized spacial score (nSPS) is 11.1. The molecule has 1 aromatic heterocycles. The van der Waals surface area contributed by atoms with Crippen molar-refractivity contribution >= 4 is 24.1 Å². The van der Waals surface area contributed by atoms with E-state index < -0.39 is 11.7 Å². The predicted octanol–water partition coefficient (Wildman–Crippen LogP) is 4.60. The van der Waals surface area contributed by atoms with Crippen LogP contribution in [0.2, 0.25) is 0 Å². The molecule has 0 radical (unpaired) electrons. The number of anilines is 1. The van der Waals surface area contributed by atoms with E-state index in [1.165, 1.54) is 16.7 Å². The molecular weight excluding hydrogens is 455 g/mol. The average Bonchev–Trinajstić information content (AvgIpc) is 2.77. The molecule has 2 rings (SSSR count). The van der Waals surface area contributed by atoms with Gasteiger partial charge in [0.25, 0.3) is 0 Å². The molecular formula is C24H33FN6O2S. The molecule has 1 amide bonds. The highest BCUT2D eigenvalue weighted by Crippen LogP contribution is 2.15. The number of hydrogen-bond acceptors (Lipinski definition) is 6. The SMILES string of the molecule is Cn1c(NCCCCCN(Cc2ccc(F)cc2)C(=O)OC(C)(C)C)c(C#N)c(=N)n(C)c1=S. The van der Waals surface area contributed by atoms with Crippen molar-refractivity contribution < 1.29 is 13.9 Å². The number of ether oxygens (including phenoxy) is 1. The Morgan fingerprint density at radius 1 is 1.21 bits per heavy atom. The van der Waals surface area contributed by atoms with Crippen LogP contribution in [0, 0.1) is 27.3 Å². The van der Waals surface area contributed by atoms with Crippen LogP contribution in [-0.2, 0) is 25.4 Å². The van der Waals surface area contributed by atoms with Crippen LogP contribution in [0.3, 0.4) is 0 Å². The minimum atomic E-state index is -0.609. The van der Waals surface area contributed by atoms with E-state index >= 15 is 0 Å². The van der Waals surface area contributed by atoms with Crippen molar-refractivity contribution in [1.29, 1.82) is 10.7 Å². The molecule has 10 heteroatoms. The molecule has 0 unspecified atom stereocenters. The molecule has 1 aromatic carbocycles. The quantitative estimate of drug-likeness (QED) is 0.397. The third-order valence-corrected chi connectivity index (χ3v) is 5.71. The van der Waals surface area contributed by atoms with E-state index in [1.54, 1.807) is 35.7 Å². The van der Waals surface area contributed by atoms with Gasteiger partial charge in [0.15, 0.2) is 4.77 Å². The first-order valence-corrected chi connectivity index (χ1v) is 11.6. The topological polar surface area (TPSA) is 99.1 Å². The van der Waals surface area contributed by atoms with Crippen LogP contribution in [0.15, 0.2) is 24.3 Å². The first kappa shape index (κ1) is 27.1. The van der Waals surface area contributed by atoms with E-state index in [1.807, 2.05) is 20.8 Å². The highest BCUT2D eigenvalue weighted by molar-refractivity contribution is 7.71. The molecule has 0 aliphatic rings. The summed E-state index contributed by atoms with van der Waals surface area (Å²) < 4.78 is 22.4. The number of aromatic nitrogens is 2. The van der Waals surface area contributed by atoms with E-state index in [0.29, 0.717) is 30.2 Å². The van der Waals surface area contributed by atoms with Crippen molar-refractivity contribution in [2.45, 2.75) is 52.2 Å². The van der Waals surface area contributed by atoms with Crippen molar-refractivity contribution in [3.63, 3.8) is 0 Å². The van der Waals surface area contributed by atoms with Crippen LogP contribution in [0.5, 0.6) is 0 Å². The summed E-state index contributed by atoms with van der Waals surface area (Å²) in [7, 11) is 3.43. The van der Waals surface area contributed by atoms with Gasteiger partial charge < -0.3 is 24.1 Å². The summed E-state index contributed by atoms with van der Waals surface area (Å²) in [4.78, 5) is 14.3. The Labute approximate surface area is 205 Å². The lowest BCUT2D eigenvalue weighted by Crippen LogP contribution is -2.37. The van der Waals surface area contributed by atoms with Crippen molar-refractivity contribution in [3.05, 3.63) is 51.5 Å². The number of unbranched alkanes of at least 4 members (excludes halogenated alkanes) is 2.